The fraction of sp³-hybridized carbons (Fsp3) is 0.364. The van der Waals surface area contributed by atoms with Crippen molar-refractivity contribution in [1.29, 1.82) is 0 Å². The number of carbonyl (C=O) groups is 1. The Hall–Kier alpha value is -2.08. The average Bonchev–Trinajstić information content (AvgIpc) is 2.65. The van der Waals surface area contributed by atoms with Gasteiger partial charge in [-0.1, -0.05) is 41.4 Å². The van der Waals surface area contributed by atoms with Crippen LogP contribution in [0.15, 0.2) is 36.4 Å². The molecule has 154 valence electrons. The Morgan fingerprint density at radius 1 is 1.38 bits per heavy atom. The lowest BCUT2D eigenvalue weighted by molar-refractivity contribution is -0.350. The second kappa shape index (κ2) is 9.16. The Balaban J connectivity index is 0.000000552. The molecule has 0 saturated heterocycles. The number of pyridine rings is 1. The van der Waals surface area contributed by atoms with Crippen LogP contribution in [0.2, 0.25) is 5.02 Å². The number of aromatic nitrogens is 1. The highest BCUT2D eigenvalue weighted by Gasteiger charge is 2.38. The van der Waals surface area contributed by atoms with Crippen LogP contribution in [0.4, 0.5) is 10.5 Å². The van der Waals surface area contributed by atoms with Gasteiger partial charge in [-0.05, 0) is 50.2 Å². The van der Waals surface area contributed by atoms with Gasteiger partial charge in [0.25, 0.3) is 0 Å². The molecule has 4 rings (SSSR count). The molecule has 0 aliphatic heterocycles. The van der Waals surface area contributed by atoms with E-state index in [0.29, 0.717) is 16.9 Å². The molecule has 0 spiro atoms. The van der Waals surface area contributed by atoms with Gasteiger partial charge in [-0.25, -0.2) is 4.98 Å². The minimum absolute atomic E-state index is 0.270. The molecule has 0 amide bonds. The molecule has 2 atom stereocenters. The number of halogens is 2. The number of nitrogen functional groups attached to an aromatic ring is 1. The predicted octanol–water partition coefficient (Wildman–Crippen LogP) is 4.07. The van der Waals surface area contributed by atoms with E-state index in [1.807, 2.05) is 18.2 Å². The van der Waals surface area contributed by atoms with Crippen LogP contribution in [-0.2, 0) is 0 Å². The molecule has 29 heavy (non-hydrogen) atoms. The topological polar surface area (TPSA) is 101 Å². The van der Waals surface area contributed by atoms with Crippen molar-refractivity contribution in [2.45, 2.75) is 38.0 Å². The second-order valence-corrected chi connectivity index (χ2v) is 8.27. The van der Waals surface area contributed by atoms with Crippen molar-refractivity contribution in [1.82, 2.24) is 0 Å². The summed E-state index contributed by atoms with van der Waals surface area (Å²) in [7, 11) is 0. The molecule has 2 aromatic rings. The number of nitrogens with one attached hydrogen (secondary N) is 1. The van der Waals surface area contributed by atoms with Crippen LogP contribution in [0.25, 0.3) is 16.5 Å². The molecule has 4 N–H and O–H groups in total. The van der Waals surface area contributed by atoms with Gasteiger partial charge in [0.15, 0.2) is 0 Å². The van der Waals surface area contributed by atoms with Gasteiger partial charge < -0.3 is 20.7 Å². The van der Waals surface area contributed by atoms with Crippen molar-refractivity contribution in [3.05, 3.63) is 52.7 Å². The van der Waals surface area contributed by atoms with Crippen LogP contribution in [0.3, 0.4) is 0 Å². The highest BCUT2D eigenvalue weighted by molar-refractivity contribution is 6.59. The van der Waals surface area contributed by atoms with Crippen molar-refractivity contribution < 1.29 is 20.0 Å². The van der Waals surface area contributed by atoms with E-state index in [2.05, 4.69) is 29.2 Å². The highest BCUT2D eigenvalue weighted by atomic mass is 35.5. The SMILES string of the molecule is C=C1c2[nH+]c3cc(Cl)ccc3c(N)c2C2CC(CCCCO)=CC1C2.O=C([O-])Cl. The zero-order chi connectivity index (χ0) is 21.1. The fourth-order valence-electron chi connectivity index (χ4n) is 4.44. The van der Waals surface area contributed by atoms with Crippen LogP contribution in [0, 0.1) is 5.92 Å². The normalized spacial score (nSPS) is 19.8. The van der Waals surface area contributed by atoms with Gasteiger partial charge in [-0.15, -0.1) is 0 Å². The quantitative estimate of drug-likeness (QED) is 0.430. The number of fused-ring (bicyclic) bond motifs is 5. The predicted molar refractivity (Wildman–Crippen MR) is 115 cm³/mol. The largest absolute Gasteiger partial charge is 0.534 e. The minimum atomic E-state index is -1.61. The molecule has 1 heterocycles. The van der Waals surface area contributed by atoms with Crippen LogP contribution in [-0.4, -0.2) is 17.1 Å². The maximum atomic E-state index is 9.02. The summed E-state index contributed by atoms with van der Waals surface area (Å²) in [6.07, 6.45) is 7.50. The van der Waals surface area contributed by atoms with E-state index in [4.69, 9.17) is 32.3 Å². The number of carbonyl (C=O) groups excluding carboxylic acids is 1. The van der Waals surface area contributed by atoms with Gasteiger partial charge in [0.05, 0.1) is 16.6 Å². The first-order valence-corrected chi connectivity index (χ1v) is 10.4. The first kappa shape index (κ1) is 21.6. The van der Waals surface area contributed by atoms with Crippen LogP contribution in [0.5, 0.6) is 0 Å². The Kier molecular flexibility index (Phi) is 6.83. The van der Waals surface area contributed by atoms with Gasteiger partial charge in [-0.2, -0.15) is 0 Å². The van der Waals surface area contributed by atoms with E-state index in [1.165, 1.54) is 11.1 Å². The smallest absolute Gasteiger partial charge is 0.214 e. The first-order chi connectivity index (χ1) is 13.8. The molecule has 7 heteroatoms. The number of unbranched alkanes of at least 4 members (excludes halogenated alkanes) is 1. The Morgan fingerprint density at radius 3 is 2.79 bits per heavy atom. The number of aliphatic hydroxyl groups excluding tert-OH is 1. The lowest BCUT2D eigenvalue weighted by atomic mass is 9.68. The maximum Gasteiger partial charge on any atom is 0.214 e. The number of aromatic amines is 1. The zero-order valence-electron chi connectivity index (χ0n) is 16.0. The van der Waals surface area contributed by atoms with Crippen molar-refractivity contribution >= 4 is 50.8 Å². The number of rotatable bonds is 4. The van der Waals surface area contributed by atoms with Crippen molar-refractivity contribution in [2.24, 2.45) is 5.92 Å². The summed E-state index contributed by atoms with van der Waals surface area (Å²) in [4.78, 5) is 12.2. The minimum Gasteiger partial charge on any atom is -0.534 e. The zero-order valence-corrected chi connectivity index (χ0v) is 17.5. The molecule has 2 bridgehead atoms. The molecule has 0 radical (unpaired) electrons. The maximum absolute atomic E-state index is 9.02. The lowest BCUT2D eigenvalue weighted by Crippen LogP contribution is -2.29. The number of benzene rings is 1. The van der Waals surface area contributed by atoms with Gasteiger partial charge >= 0.3 is 0 Å². The molecule has 1 aromatic carbocycles. The first-order valence-electron chi connectivity index (χ1n) is 9.61. The summed E-state index contributed by atoms with van der Waals surface area (Å²) in [5.41, 5.74) is 11.7. The number of hydrogen-bond donors (Lipinski definition) is 2. The van der Waals surface area contributed by atoms with E-state index in [1.54, 1.807) is 0 Å². The number of H-pyrrole nitrogens is 1. The number of aliphatic hydroxyl groups is 1. The third-order valence-corrected chi connectivity index (χ3v) is 5.89. The van der Waals surface area contributed by atoms with Crippen LogP contribution >= 0.6 is 23.2 Å². The Morgan fingerprint density at radius 2 is 2.10 bits per heavy atom. The van der Waals surface area contributed by atoms with E-state index in [9.17, 15) is 0 Å². The molecule has 2 aliphatic rings. The fourth-order valence-corrected chi connectivity index (χ4v) is 4.61. The highest BCUT2D eigenvalue weighted by Crippen LogP contribution is 2.50. The monoisotopic (exact) mass is 434 g/mol. The number of nitrogens with two attached hydrogens (primary N) is 1. The summed E-state index contributed by atoms with van der Waals surface area (Å²) in [5, 5.41) is 19.4. The molecule has 2 unspecified atom stereocenters. The van der Waals surface area contributed by atoms with Crippen LogP contribution in [0.1, 0.15) is 49.3 Å². The summed E-state index contributed by atoms with van der Waals surface area (Å²) in [6, 6.07) is 5.82. The van der Waals surface area contributed by atoms with Crippen molar-refractivity contribution in [3.8, 4) is 0 Å². The Labute approximate surface area is 179 Å². The van der Waals surface area contributed by atoms with Gasteiger partial charge in [-0.3, -0.25) is 0 Å². The molecule has 0 saturated carbocycles. The molecule has 2 aliphatic carbocycles. The number of carboxylic acid groups (broad SMARTS) is 1. The van der Waals surface area contributed by atoms with Gasteiger partial charge in [0.2, 0.25) is 11.2 Å². The summed E-state index contributed by atoms with van der Waals surface area (Å²) in [6.45, 7) is 4.64. The number of hydrogen-bond acceptors (Lipinski definition) is 4. The standard InChI is InChI=1S/C21H23ClN2O.CHClO2/c1-12-14-8-13(4-2-3-7-25)9-15(10-14)19-20(23)17-6-5-16(22)11-18(17)24-21(12)19;2-1(3)4/h5-6,8,11,14-15,25H,1-4,7,9-10H2,(H2,23,24);(H,3,4). The van der Waals surface area contributed by atoms with E-state index in [0.717, 1.165) is 60.0 Å². The number of allylic oxidation sites excluding steroid dienone is 3. The van der Waals surface area contributed by atoms with E-state index >= 15 is 0 Å². The van der Waals surface area contributed by atoms with Gasteiger partial charge in [0, 0.05) is 29.2 Å². The van der Waals surface area contributed by atoms with Crippen LogP contribution < -0.4 is 15.8 Å². The number of anilines is 1. The third-order valence-electron chi connectivity index (χ3n) is 5.66. The second-order valence-electron chi connectivity index (χ2n) is 7.53. The van der Waals surface area contributed by atoms with E-state index < -0.39 is 5.43 Å². The van der Waals surface area contributed by atoms with Crippen molar-refractivity contribution in [3.63, 3.8) is 0 Å². The summed E-state index contributed by atoms with van der Waals surface area (Å²) in [5.74, 6) is 0.818. The lowest BCUT2D eigenvalue weighted by Gasteiger charge is -2.35. The molecular weight excluding hydrogens is 411 g/mol. The molecule has 5 nitrogen and oxygen atoms in total. The average molecular weight is 435 g/mol. The molecule has 1 aromatic heterocycles. The van der Waals surface area contributed by atoms with Crippen molar-refractivity contribution in [2.75, 3.05) is 12.3 Å². The van der Waals surface area contributed by atoms with Gasteiger partial charge in [0.1, 0.15) is 5.43 Å². The molecule has 0 fully saturated rings. The van der Waals surface area contributed by atoms with E-state index in [-0.39, 0.29) is 6.61 Å². The Bertz CT molecular complexity index is 984. The third kappa shape index (κ3) is 4.74. The summed E-state index contributed by atoms with van der Waals surface area (Å²) < 4.78 is 0. The molecular formula is C22H24Cl2N2O3. The summed E-state index contributed by atoms with van der Waals surface area (Å²) >= 11 is 10.2.